The Hall–Kier alpha value is -0.820. The fraction of sp³-hybridized carbons (Fsp3) is 0.750. The number of hydrogen-bond donors (Lipinski definition) is 2. The molecule has 0 rings (SSSR count). The predicted molar refractivity (Wildman–Crippen MR) is 49.1 cm³/mol. The van der Waals surface area contributed by atoms with Crippen LogP contribution >= 0.6 is 0 Å². The lowest BCUT2D eigenvalue weighted by molar-refractivity contribution is -0.227. The summed E-state index contributed by atoms with van der Waals surface area (Å²) in [7, 11) is 1.54. The zero-order valence-corrected chi connectivity index (χ0v) is 8.56. The number of carbonyl (C=O) groups excluding carboxylic acids is 2. The number of nitrogens with two attached hydrogens (primary N) is 1. The molecule has 0 aliphatic rings. The summed E-state index contributed by atoms with van der Waals surface area (Å²) in [5, 5.41) is 10.5. The quantitative estimate of drug-likeness (QED) is 0.241. The van der Waals surface area contributed by atoms with Crippen LogP contribution in [0.5, 0.6) is 0 Å². The lowest BCUT2D eigenvalue weighted by atomic mass is 10.1. The van der Waals surface area contributed by atoms with Gasteiger partial charge in [0.25, 0.3) is 0 Å². The molecule has 2 atom stereocenters. The van der Waals surface area contributed by atoms with E-state index in [1.807, 2.05) is 0 Å². The first kappa shape index (κ1) is 13.2. The van der Waals surface area contributed by atoms with E-state index in [-0.39, 0.29) is 12.8 Å². The number of likely N-dealkylation sites (N-methyl/N-ethyl adjacent to an activating group) is 1. The minimum Gasteiger partial charge on any atom is -0.360 e. The molecule has 0 fully saturated rings. The van der Waals surface area contributed by atoms with Crippen molar-refractivity contribution >= 4 is 12.6 Å². The topological polar surface area (TPSA) is 92.9 Å². The number of aldehydes is 2. The van der Waals surface area contributed by atoms with Crippen LogP contribution in [0.1, 0.15) is 13.8 Å². The van der Waals surface area contributed by atoms with Crippen LogP contribution in [0.4, 0.5) is 0 Å². The second-order valence-corrected chi connectivity index (χ2v) is 3.62. The number of rotatable bonds is 6. The van der Waals surface area contributed by atoms with Gasteiger partial charge in [-0.25, -0.2) is 5.01 Å². The van der Waals surface area contributed by atoms with E-state index in [2.05, 4.69) is 0 Å². The van der Waals surface area contributed by atoms with Crippen LogP contribution in [0.2, 0.25) is 0 Å². The zero-order valence-electron chi connectivity index (χ0n) is 8.56. The molecule has 0 aromatic carbocycles. The second kappa shape index (κ2) is 4.61. The van der Waals surface area contributed by atoms with E-state index >= 15 is 0 Å². The predicted octanol–water partition coefficient (Wildman–Crippen LogP) is -1.33. The van der Waals surface area contributed by atoms with Crippen molar-refractivity contribution in [2.45, 2.75) is 25.2 Å². The summed E-state index contributed by atoms with van der Waals surface area (Å²) in [6.45, 7) is 2.65. The molecule has 0 aliphatic heterocycles. The first-order chi connectivity index (χ1) is 6.24. The van der Waals surface area contributed by atoms with Crippen LogP contribution in [0, 0.1) is 0 Å². The van der Waals surface area contributed by atoms with E-state index in [0.29, 0.717) is 6.29 Å². The third kappa shape index (κ3) is 4.43. The van der Waals surface area contributed by atoms with Crippen LogP contribution in [-0.2, 0) is 14.3 Å². The largest absolute Gasteiger partial charge is 0.360 e. The molecule has 0 aromatic heterocycles. The molecule has 0 radical (unpaired) electrons. The Kier molecular flexibility index (Phi) is 4.34. The first-order valence-electron chi connectivity index (χ1n) is 4.06. The van der Waals surface area contributed by atoms with Crippen molar-refractivity contribution in [3.8, 4) is 0 Å². The summed E-state index contributed by atoms with van der Waals surface area (Å²) in [5.74, 6) is 3.36. The highest BCUT2D eigenvalue weighted by molar-refractivity contribution is 5.64. The Morgan fingerprint density at radius 2 is 1.93 bits per heavy atom. The summed E-state index contributed by atoms with van der Waals surface area (Å²) in [6, 6.07) is 0. The molecule has 0 amide bonds. The van der Waals surface area contributed by atoms with Crippen molar-refractivity contribution in [1.82, 2.24) is 5.01 Å². The van der Waals surface area contributed by atoms with Gasteiger partial charge in [0, 0.05) is 13.6 Å². The summed E-state index contributed by atoms with van der Waals surface area (Å²) >= 11 is 0. The Morgan fingerprint density at radius 1 is 1.43 bits per heavy atom. The molecule has 14 heavy (non-hydrogen) atoms. The summed E-state index contributed by atoms with van der Waals surface area (Å²) in [6.07, 6.45) is 0.708. The molecule has 0 aromatic rings. The highest BCUT2D eigenvalue weighted by Gasteiger charge is 2.34. The molecule has 0 saturated carbocycles. The highest BCUT2D eigenvalue weighted by atomic mass is 16.6. The lowest BCUT2D eigenvalue weighted by Crippen LogP contribution is -2.51. The molecule has 0 saturated heterocycles. The van der Waals surface area contributed by atoms with Crippen molar-refractivity contribution in [3.63, 3.8) is 0 Å². The second-order valence-electron chi connectivity index (χ2n) is 3.62. The van der Waals surface area contributed by atoms with Gasteiger partial charge < -0.3 is 14.6 Å². The number of carbonyl (C=O) groups is 2. The van der Waals surface area contributed by atoms with Gasteiger partial charge in [0.1, 0.15) is 5.60 Å². The number of hydrogen-bond acceptors (Lipinski definition) is 6. The van der Waals surface area contributed by atoms with Gasteiger partial charge in [-0.1, -0.05) is 0 Å². The molecule has 0 heterocycles. The maximum absolute atomic E-state index is 10.7. The number of aliphatic hydroxyl groups is 1. The SMILES string of the molecule is CN(N)CC(C)(C=O)OC(C)(O)C=O. The van der Waals surface area contributed by atoms with Crippen LogP contribution in [-0.4, -0.2) is 47.7 Å². The minimum absolute atomic E-state index is 0.0699. The third-order valence-electron chi connectivity index (χ3n) is 1.47. The van der Waals surface area contributed by atoms with E-state index in [4.69, 9.17) is 10.6 Å². The van der Waals surface area contributed by atoms with E-state index in [0.717, 1.165) is 6.92 Å². The molecule has 0 spiro atoms. The summed E-state index contributed by atoms with van der Waals surface area (Å²) in [4.78, 5) is 21.1. The number of hydrazine groups is 1. The average molecular weight is 204 g/mol. The van der Waals surface area contributed by atoms with Crippen molar-refractivity contribution in [3.05, 3.63) is 0 Å². The molecule has 0 aliphatic carbocycles. The number of nitrogens with zero attached hydrogens (tertiary/aromatic N) is 1. The average Bonchev–Trinajstić information content (AvgIpc) is 2.02. The first-order valence-corrected chi connectivity index (χ1v) is 4.06. The van der Waals surface area contributed by atoms with Crippen molar-refractivity contribution < 1.29 is 19.4 Å². The normalized spacial score (nSPS) is 19.9. The van der Waals surface area contributed by atoms with Gasteiger partial charge in [-0.15, -0.1) is 0 Å². The van der Waals surface area contributed by atoms with Crippen LogP contribution in [0.25, 0.3) is 0 Å². The fourth-order valence-corrected chi connectivity index (χ4v) is 1.08. The molecular formula is C8H16N2O4. The standard InChI is InChI=1S/C8H16N2O4/c1-7(5-11,4-10(3)9)14-8(2,13)6-12/h5-6,13H,4,9H2,1-3H3. The fourth-order valence-electron chi connectivity index (χ4n) is 1.08. The third-order valence-corrected chi connectivity index (χ3v) is 1.47. The van der Waals surface area contributed by atoms with Crippen LogP contribution < -0.4 is 5.84 Å². The van der Waals surface area contributed by atoms with Gasteiger partial charge in [0.15, 0.2) is 12.6 Å². The highest BCUT2D eigenvalue weighted by Crippen LogP contribution is 2.15. The Labute approximate surface area is 82.6 Å². The molecule has 2 unspecified atom stereocenters. The number of ether oxygens (including phenoxy) is 1. The molecule has 3 N–H and O–H groups in total. The van der Waals surface area contributed by atoms with Crippen molar-refractivity contribution in [2.24, 2.45) is 5.84 Å². The Bertz CT molecular complexity index is 217. The summed E-state index contributed by atoms with van der Waals surface area (Å²) in [5.41, 5.74) is -1.31. The van der Waals surface area contributed by atoms with Crippen LogP contribution in [0.3, 0.4) is 0 Å². The van der Waals surface area contributed by atoms with Gasteiger partial charge >= 0.3 is 0 Å². The lowest BCUT2D eigenvalue weighted by Gasteiger charge is -2.31. The van der Waals surface area contributed by atoms with E-state index in [1.54, 1.807) is 7.05 Å². The van der Waals surface area contributed by atoms with Gasteiger partial charge in [-0.05, 0) is 13.8 Å². The molecule has 82 valence electrons. The van der Waals surface area contributed by atoms with E-state index < -0.39 is 11.4 Å². The van der Waals surface area contributed by atoms with Crippen molar-refractivity contribution in [2.75, 3.05) is 13.6 Å². The van der Waals surface area contributed by atoms with E-state index in [9.17, 15) is 14.7 Å². The van der Waals surface area contributed by atoms with Gasteiger partial charge in [0.2, 0.25) is 5.79 Å². The van der Waals surface area contributed by atoms with E-state index in [1.165, 1.54) is 11.9 Å². The van der Waals surface area contributed by atoms with Crippen LogP contribution in [0.15, 0.2) is 0 Å². The Balaban J connectivity index is 4.54. The van der Waals surface area contributed by atoms with Gasteiger partial charge in [0.05, 0.1) is 0 Å². The molecular weight excluding hydrogens is 188 g/mol. The van der Waals surface area contributed by atoms with Gasteiger partial charge in [-0.2, -0.15) is 0 Å². The minimum atomic E-state index is -1.98. The van der Waals surface area contributed by atoms with Crippen molar-refractivity contribution in [1.29, 1.82) is 0 Å². The molecule has 0 bridgehead atoms. The molecule has 6 heteroatoms. The maximum Gasteiger partial charge on any atom is 0.221 e. The maximum atomic E-state index is 10.7. The Morgan fingerprint density at radius 3 is 2.21 bits per heavy atom. The zero-order chi connectivity index (χ0) is 11.4. The monoisotopic (exact) mass is 204 g/mol. The van der Waals surface area contributed by atoms with Gasteiger partial charge in [-0.3, -0.25) is 10.6 Å². The smallest absolute Gasteiger partial charge is 0.221 e. The summed E-state index contributed by atoms with van der Waals surface area (Å²) < 4.78 is 4.93. The molecule has 6 nitrogen and oxygen atoms in total.